The van der Waals surface area contributed by atoms with Crippen molar-refractivity contribution >= 4 is 97.3 Å². The van der Waals surface area contributed by atoms with Gasteiger partial charge in [0.2, 0.25) is 0 Å². The van der Waals surface area contributed by atoms with Crippen LogP contribution in [0.5, 0.6) is 0 Å². The van der Waals surface area contributed by atoms with Crippen LogP contribution in [-0.4, -0.2) is 0 Å². The van der Waals surface area contributed by atoms with Gasteiger partial charge in [-0.1, -0.05) is 115 Å². The summed E-state index contributed by atoms with van der Waals surface area (Å²) in [7, 11) is 0. The molecule has 3 heterocycles. The van der Waals surface area contributed by atoms with Crippen LogP contribution in [-0.2, 0) is 0 Å². The first-order valence-electron chi connectivity index (χ1n) is 18.0. The van der Waals surface area contributed by atoms with Gasteiger partial charge in [0, 0.05) is 20.2 Å². The number of rotatable bonds is 4. The highest BCUT2D eigenvalue weighted by molar-refractivity contribution is 7.26. The second-order valence-corrected chi connectivity index (χ2v) is 16.7. The van der Waals surface area contributed by atoms with E-state index in [1.807, 2.05) is 11.3 Å². The molecule has 0 N–H and O–H groups in total. The summed E-state index contributed by atoms with van der Waals surface area (Å²) < 4.78 is 2.63. The Kier molecular flexibility index (Phi) is 7.00. The Morgan fingerprint density at radius 2 is 0.774 bits per heavy atom. The van der Waals surface area contributed by atoms with Gasteiger partial charge in [0.05, 0.1) is 0 Å². The van der Waals surface area contributed by atoms with E-state index >= 15 is 0 Å². The van der Waals surface area contributed by atoms with E-state index in [0.29, 0.717) is 0 Å². The maximum Gasteiger partial charge on any atom is 0.0361 e. The molecule has 3 heteroatoms. The number of hydrogen-bond donors (Lipinski definition) is 0. The van der Waals surface area contributed by atoms with Crippen molar-refractivity contribution in [1.82, 2.24) is 0 Å². The van der Waals surface area contributed by atoms with Crippen LogP contribution in [0.2, 0.25) is 0 Å². The molecule has 0 unspecified atom stereocenters. The fourth-order valence-corrected chi connectivity index (χ4v) is 11.7. The molecular formula is C50H32S3. The van der Waals surface area contributed by atoms with E-state index in [9.17, 15) is 0 Å². The third-order valence-electron chi connectivity index (χ3n) is 11.2. The van der Waals surface area contributed by atoms with Crippen molar-refractivity contribution in [2.45, 2.75) is 13.8 Å². The number of thiophene rings is 3. The molecule has 0 saturated carbocycles. The average Bonchev–Trinajstić information content (AvgIpc) is 3.93. The zero-order valence-electron chi connectivity index (χ0n) is 29.2. The maximum atomic E-state index is 2.48. The van der Waals surface area contributed by atoms with Crippen molar-refractivity contribution < 1.29 is 0 Å². The summed E-state index contributed by atoms with van der Waals surface area (Å²) in [4.78, 5) is 0. The SMILES string of the molecule is Cc1cscc1-c1c2ccccc2c(-c2ccc3sc4cccc(-c5c6ccccc6c(-c6cscc6C)c6ccccc56)c4c3c2)c2ccccc12. The van der Waals surface area contributed by atoms with Crippen LogP contribution in [0.15, 0.2) is 155 Å². The highest BCUT2D eigenvalue weighted by Gasteiger charge is 2.22. The molecule has 0 aliphatic carbocycles. The fourth-order valence-electron chi connectivity index (χ4n) is 8.86. The van der Waals surface area contributed by atoms with Gasteiger partial charge in [0.1, 0.15) is 0 Å². The minimum Gasteiger partial charge on any atom is -0.151 e. The standard InChI is InChI=1S/C50H32S3/c1-29-25-51-27-42(29)48-34-14-5-3-12-32(34)46(33-13-4-6-15-35(33)48)31-22-23-44-41(24-31)50-40(20-11-21-45(50)53-44)47-36-16-7-9-18-38(36)49(43-28-52-26-30(43)2)39-19-10-8-17-37(39)47/h3-28H,1-2H3. The molecule has 250 valence electrons. The van der Waals surface area contributed by atoms with Crippen molar-refractivity contribution in [2.24, 2.45) is 0 Å². The summed E-state index contributed by atoms with van der Waals surface area (Å²) in [6.07, 6.45) is 0. The molecule has 0 atom stereocenters. The molecule has 0 fully saturated rings. The van der Waals surface area contributed by atoms with Crippen molar-refractivity contribution in [3.8, 4) is 44.5 Å². The van der Waals surface area contributed by atoms with Gasteiger partial charge >= 0.3 is 0 Å². The molecule has 11 rings (SSSR count). The summed E-state index contributed by atoms with van der Waals surface area (Å²) in [5, 5.41) is 22.2. The molecule has 0 aliphatic rings. The average molecular weight is 729 g/mol. The third-order valence-corrected chi connectivity index (χ3v) is 14.0. The molecule has 0 amide bonds. The lowest BCUT2D eigenvalue weighted by Gasteiger charge is -2.19. The Balaban J connectivity index is 1.23. The summed E-state index contributed by atoms with van der Waals surface area (Å²) in [6.45, 7) is 4.47. The van der Waals surface area contributed by atoms with Gasteiger partial charge < -0.3 is 0 Å². The lowest BCUT2D eigenvalue weighted by atomic mass is 9.84. The summed E-state index contributed by atoms with van der Waals surface area (Å²) >= 11 is 5.47. The van der Waals surface area contributed by atoms with Gasteiger partial charge in [0.15, 0.2) is 0 Å². The van der Waals surface area contributed by atoms with Gasteiger partial charge in [0.25, 0.3) is 0 Å². The van der Waals surface area contributed by atoms with Crippen LogP contribution in [0.4, 0.5) is 0 Å². The molecular weight excluding hydrogens is 697 g/mol. The van der Waals surface area contributed by atoms with Crippen LogP contribution in [0, 0.1) is 13.8 Å². The van der Waals surface area contributed by atoms with Gasteiger partial charge in [-0.2, -0.15) is 22.7 Å². The van der Waals surface area contributed by atoms with E-state index in [4.69, 9.17) is 0 Å². The second kappa shape index (κ2) is 12.0. The predicted octanol–water partition coefficient (Wildman–Crippen LogP) is 16.1. The van der Waals surface area contributed by atoms with Crippen LogP contribution in [0.3, 0.4) is 0 Å². The number of hydrogen-bond acceptors (Lipinski definition) is 3. The van der Waals surface area contributed by atoms with Crippen LogP contribution in [0.1, 0.15) is 11.1 Å². The van der Waals surface area contributed by atoms with Crippen molar-refractivity contribution in [1.29, 1.82) is 0 Å². The quantitative estimate of drug-likeness (QED) is 0.158. The summed E-state index contributed by atoms with van der Waals surface area (Å²) in [5.74, 6) is 0. The number of aryl methyl sites for hydroxylation is 2. The number of benzene rings is 8. The minimum absolute atomic E-state index is 1.26. The van der Waals surface area contributed by atoms with E-state index in [-0.39, 0.29) is 0 Å². The highest BCUT2D eigenvalue weighted by atomic mass is 32.1. The molecule has 0 radical (unpaired) electrons. The molecule has 53 heavy (non-hydrogen) atoms. The van der Waals surface area contributed by atoms with E-state index in [2.05, 4.69) is 169 Å². The Morgan fingerprint density at radius 3 is 1.21 bits per heavy atom. The van der Waals surface area contributed by atoms with Crippen LogP contribution < -0.4 is 0 Å². The topological polar surface area (TPSA) is 0 Å². The van der Waals surface area contributed by atoms with Crippen molar-refractivity contribution in [3.63, 3.8) is 0 Å². The zero-order chi connectivity index (χ0) is 35.2. The fraction of sp³-hybridized carbons (Fsp3) is 0.0400. The third kappa shape index (κ3) is 4.58. The van der Waals surface area contributed by atoms with Crippen molar-refractivity contribution in [2.75, 3.05) is 0 Å². The first-order chi connectivity index (χ1) is 26.2. The predicted molar refractivity (Wildman–Crippen MR) is 236 cm³/mol. The molecule has 0 bridgehead atoms. The Hall–Kier alpha value is -5.58. The Morgan fingerprint density at radius 1 is 0.340 bits per heavy atom. The van der Waals surface area contributed by atoms with E-state index < -0.39 is 0 Å². The molecule has 8 aromatic carbocycles. The molecule has 0 nitrogen and oxygen atoms in total. The monoisotopic (exact) mass is 728 g/mol. The van der Waals surface area contributed by atoms with E-state index in [1.165, 1.54) is 119 Å². The van der Waals surface area contributed by atoms with Crippen molar-refractivity contribution in [3.05, 3.63) is 166 Å². The molecule has 3 aromatic heterocycles. The largest absolute Gasteiger partial charge is 0.151 e. The normalized spacial score (nSPS) is 12.0. The van der Waals surface area contributed by atoms with Gasteiger partial charge in [-0.15, -0.1) is 11.3 Å². The smallest absolute Gasteiger partial charge is 0.0361 e. The number of fused-ring (bicyclic) bond motifs is 7. The zero-order valence-corrected chi connectivity index (χ0v) is 31.7. The Bertz CT molecular complexity index is 3140. The molecule has 0 aliphatic heterocycles. The summed E-state index contributed by atoms with van der Waals surface area (Å²) in [5.41, 5.74) is 13.2. The summed E-state index contributed by atoms with van der Waals surface area (Å²) in [6, 6.07) is 50.2. The Labute approximate surface area is 319 Å². The first-order valence-corrected chi connectivity index (χ1v) is 20.7. The highest BCUT2D eigenvalue weighted by Crippen LogP contribution is 2.50. The molecule has 0 saturated heterocycles. The van der Waals surface area contributed by atoms with Crippen LogP contribution in [0.25, 0.3) is 108 Å². The van der Waals surface area contributed by atoms with Gasteiger partial charge in [-0.05, 0) is 152 Å². The second-order valence-electron chi connectivity index (χ2n) is 14.1. The molecule has 0 spiro atoms. The maximum absolute atomic E-state index is 2.48. The molecule has 11 aromatic rings. The van der Waals surface area contributed by atoms with E-state index in [0.717, 1.165) is 0 Å². The van der Waals surface area contributed by atoms with Crippen LogP contribution >= 0.6 is 34.0 Å². The first kappa shape index (κ1) is 31.0. The lowest BCUT2D eigenvalue weighted by molar-refractivity contribution is 1.55. The van der Waals surface area contributed by atoms with E-state index in [1.54, 1.807) is 22.7 Å². The lowest BCUT2D eigenvalue weighted by Crippen LogP contribution is -1.91. The van der Waals surface area contributed by atoms with Gasteiger partial charge in [-0.25, -0.2) is 0 Å². The minimum atomic E-state index is 1.26. The van der Waals surface area contributed by atoms with Gasteiger partial charge in [-0.3, -0.25) is 0 Å².